The summed E-state index contributed by atoms with van der Waals surface area (Å²) in [6.45, 7) is 1.85. The SMILES string of the molecule is CC(NC(=O)c1cncc(Nc2ccc(F)c(F)c2F)c1)c1ccccc1. The molecule has 7 heteroatoms. The van der Waals surface area contributed by atoms with E-state index in [1.807, 2.05) is 37.3 Å². The first-order valence-corrected chi connectivity index (χ1v) is 8.17. The predicted octanol–water partition coefficient (Wildman–Crippen LogP) is 4.73. The molecule has 27 heavy (non-hydrogen) atoms. The van der Waals surface area contributed by atoms with E-state index in [1.54, 1.807) is 0 Å². The van der Waals surface area contributed by atoms with Gasteiger partial charge in [-0.25, -0.2) is 13.2 Å². The standard InChI is InChI=1S/C20H16F3N3O/c1-12(13-5-3-2-4-6-13)25-20(27)14-9-15(11-24-10-14)26-17-8-7-16(21)18(22)19(17)23/h2-12,26H,1H3,(H,25,27). The molecule has 2 N–H and O–H groups in total. The molecule has 0 fully saturated rings. The third-order valence-electron chi connectivity index (χ3n) is 3.96. The number of carbonyl (C=O) groups excluding carboxylic acids is 1. The number of nitrogens with zero attached hydrogens (tertiary/aromatic N) is 1. The second-order valence-electron chi connectivity index (χ2n) is 5.92. The highest BCUT2D eigenvalue weighted by Crippen LogP contribution is 2.23. The van der Waals surface area contributed by atoms with Crippen LogP contribution in [0.25, 0.3) is 0 Å². The summed E-state index contributed by atoms with van der Waals surface area (Å²) < 4.78 is 40.1. The Morgan fingerprint density at radius 2 is 1.74 bits per heavy atom. The van der Waals surface area contributed by atoms with Crippen molar-refractivity contribution >= 4 is 17.3 Å². The highest BCUT2D eigenvalue weighted by Gasteiger charge is 2.15. The van der Waals surface area contributed by atoms with Crippen LogP contribution in [0.5, 0.6) is 0 Å². The van der Waals surface area contributed by atoms with Crippen LogP contribution in [0.3, 0.4) is 0 Å². The maximum Gasteiger partial charge on any atom is 0.253 e. The summed E-state index contributed by atoms with van der Waals surface area (Å²) >= 11 is 0. The third kappa shape index (κ3) is 4.25. The minimum Gasteiger partial charge on any atom is -0.352 e. The summed E-state index contributed by atoms with van der Waals surface area (Å²) in [7, 11) is 0. The minimum atomic E-state index is -1.57. The van der Waals surface area contributed by atoms with Crippen molar-refractivity contribution in [1.82, 2.24) is 10.3 Å². The van der Waals surface area contributed by atoms with E-state index in [9.17, 15) is 18.0 Å². The Morgan fingerprint density at radius 3 is 2.48 bits per heavy atom. The molecular weight excluding hydrogens is 355 g/mol. The van der Waals surface area contributed by atoms with Gasteiger partial charge in [0.05, 0.1) is 29.2 Å². The number of rotatable bonds is 5. The molecule has 0 radical (unpaired) electrons. The van der Waals surface area contributed by atoms with Crippen LogP contribution in [-0.4, -0.2) is 10.9 Å². The van der Waals surface area contributed by atoms with Crippen molar-refractivity contribution in [3.63, 3.8) is 0 Å². The van der Waals surface area contributed by atoms with Gasteiger partial charge in [-0.15, -0.1) is 0 Å². The molecule has 0 saturated heterocycles. The number of hydrogen-bond acceptors (Lipinski definition) is 3. The molecule has 3 rings (SSSR count). The molecule has 0 spiro atoms. The van der Waals surface area contributed by atoms with E-state index < -0.39 is 17.5 Å². The van der Waals surface area contributed by atoms with Crippen molar-refractivity contribution in [3.05, 3.63) is 89.5 Å². The molecule has 0 saturated carbocycles. The van der Waals surface area contributed by atoms with E-state index in [4.69, 9.17) is 0 Å². The number of hydrogen-bond donors (Lipinski definition) is 2. The summed E-state index contributed by atoms with van der Waals surface area (Å²) in [5, 5.41) is 5.44. The van der Waals surface area contributed by atoms with Gasteiger partial charge in [0.15, 0.2) is 17.5 Å². The van der Waals surface area contributed by atoms with Gasteiger partial charge in [-0.3, -0.25) is 9.78 Å². The van der Waals surface area contributed by atoms with Gasteiger partial charge < -0.3 is 10.6 Å². The van der Waals surface area contributed by atoms with E-state index in [2.05, 4.69) is 15.6 Å². The number of aromatic nitrogens is 1. The molecule has 1 atom stereocenters. The van der Waals surface area contributed by atoms with Gasteiger partial charge in [-0.1, -0.05) is 30.3 Å². The fourth-order valence-electron chi connectivity index (χ4n) is 2.52. The fraction of sp³-hybridized carbons (Fsp3) is 0.100. The van der Waals surface area contributed by atoms with Gasteiger partial charge in [-0.2, -0.15) is 0 Å². The summed E-state index contributed by atoms with van der Waals surface area (Å²) in [4.78, 5) is 16.4. The second kappa shape index (κ2) is 7.90. The van der Waals surface area contributed by atoms with Crippen molar-refractivity contribution in [3.8, 4) is 0 Å². The topological polar surface area (TPSA) is 54.0 Å². The Kier molecular flexibility index (Phi) is 5.40. The minimum absolute atomic E-state index is 0.223. The monoisotopic (exact) mass is 371 g/mol. The largest absolute Gasteiger partial charge is 0.352 e. The van der Waals surface area contributed by atoms with Crippen LogP contribution in [0.2, 0.25) is 0 Å². The molecule has 0 aliphatic rings. The predicted molar refractivity (Wildman–Crippen MR) is 96.2 cm³/mol. The maximum absolute atomic E-state index is 13.8. The van der Waals surface area contributed by atoms with Gasteiger partial charge >= 0.3 is 0 Å². The van der Waals surface area contributed by atoms with Crippen LogP contribution in [-0.2, 0) is 0 Å². The van der Waals surface area contributed by atoms with E-state index >= 15 is 0 Å². The molecular formula is C20H16F3N3O. The van der Waals surface area contributed by atoms with Crippen LogP contribution in [0.15, 0.2) is 60.9 Å². The smallest absolute Gasteiger partial charge is 0.253 e. The zero-order chi connectivity index (χ0) is 19.4. The van der Waals surface area contributed by atoms with E-state index in [1.165, 1.54) is 18.5 Å². The molecule has 3 aromatic rings. The summed E-state index contributed by atoms with van der Waals surface area (Å²) in [6.07, 6.45) is 2.71. The van der Waals surface area contributed by atoms with E-state index in [0.29, 0.717) is 0 Å². The number of amides is 1. The van der Waals surface area contributed by atoms with E-state index in [0.717, 1.165) is 17.7 Å². The summed E-state index contributed by atoms with van der Waals surface area (Å²) in [6, 6.07) is 12.5. The second-order valence-corrected chi connectivity index (χ2v) is 5.92. The fourth-order valence-corrected chi connectivity index (χ4v) is 2.52. The number of nitrogens with one attached hydrogen (secondary N) is 2. The van der Waals surface area contributed by atoms with Crippen LogP contribution in [0.1, 0.15) is 28.9 Å². The van der Waals surface area contributed by atoms with Gasteiger partial charge in [0.1, 0.15) is 0 Å². The molecule has 1 amide bonds. The molecule has 0 aliphatic carbocycles. The molecule has 1 heterocycles. The Labute approximate surface area is 154 Å². The van der Waals surface area contributed by atoms with Crippen molar-refractivity contribution in [2.45, 2.75) is 13.0 Å². The Bertz CT molecular complexity index is 964. The molecule has 2 aromatic carbocycles. The quantitative estimate of drug-likeness (QED) is 0.638. The number of anilines is 2. The number of carbonyl (C=O) groups is 1. The molecule has 1 aromatic heterocycles. The molecule has 0 aliphatic heterocycles. The highest BCUT2D eigenvalue weighted by atomic mass is 19.2. The lowest BCUT2D eigenvalue weighted by atomic mass is 10.1. The van der Waals surface area contributed by atoms with Crippen LogP contribution < -0.4 is 10.6 Å². The number of benzene rings is 2. The van der Waals surface area contributed by atoms with E-state index in [-0.39, 0.29) is 28.9 Å². The lowest BCUT2D eigenvalue weighted by Gasteiger charge is -2.15. The van der Waals surface area contributed by atoms with Crippen LogP contribution in [0.4, 0.5) is 24.5 Å². The van der Waals surface area contributed by atoms with Crippen LogP contribution in [0, 0.1) is 17.5 Å². The molecule has 138 valence electrons. The Hall–Kier alpha value is -3.35. The average Bonchev–Trinajstić information content (AvgIpc) is 2.69. The summed E-state index contributed by atoms with van der Waals surface area (Å²) in [5.74, 6) is -4.56. The van der Waals surface area contributed by atoms with Gasteiger partial charge in [0.2, 0.25) is 0 Å². The molecule has 0 bridgehead atoms. The van der Waals surface area contributed by atoms with Crippen molar-refractivity contribution in [2.24, 2.45) is 0 Å². The van der Waals surface area contributed by atoms with Crippen molar-refractivity contribution in [1.29, 1.82) is 0 Å². The van der Waals surface area contributed by atoms with Crippen molar-refractivity contribution in [2.75, 3.05) is 5.32 Å². The number of pyridine rings is 1. The van der Waals surface area contributed by atoms with Crippen LogP contribution >= 0.6 is 0 Å². The zero-order valence-electron chi connectivity index (χ0n) is 14.3. The lowest BCUT2D eigenvalue weighted by Crippen LogP contribution is -2.26. The van der Waals surface area contributed by atoms with Crippen molar-refractivity contribution < 1.29 is 18.0 Å². The van der Waals surface area contributed by atoms with Gasteiger partial charge in [0.25, 0.3) is 5.91 Å². The van der Waals surface area contributed by atoms with Gasteiger partial charge in [-0.05, 0) is 30.7 Å². The summed E-state index contributed by atoms with van der Waals surface area (Å²) in [5.41, 5.74) is 1.19. The Morgan fingerprint density at radius 1 is 1.00 bits per heavy atom. The molecule has 4 nitrogen and oxygen atoms in total. The zero-order valence-corrected chi connectivity index (χ0v) is 14.3. The first kappa shape index (κ1) is 18.4. The first-order valence-electron chi connectivity index (χ1n) is 8.17. The lowest BCUT2D eigenvalue weighted by molar-refractivity contribution is 0.0939. The first-order chi connectivity index (χ1) is 13.0. The average molecular weight is 371 g/mol. The molecule has 1 unspecified atom stereocenters. The third-order valence-corrected chi connectivity index (χ3v) is 3.96. The number of halogens is 3. The van der Waals surface area contributed by atoms with Gasteiger partial charge in [0, 0.05) is 6.20 Å². The normalized spacial score (nSPS) is 11.7. The Balaban J connectivity index is 1.75. The highest BCUT2D eigenvalue weighted by molar-refractivity contribution is 5.95. The maximum atomic E-state index is 13.8.